The zero-order valence-electron chi connectivity index (χ0n) is 21.3. The van der Waals surface area contributed by atoms with Crippen LogP contribution in [0.15, 0.2) is 12.1 Å². The number of methoxy groups -OCH3 is 1. The van der Waals surface area contributed by atoms with Crippen molar-refractivity contribution in [2.24, 2.45) is 0 Å². The van der Waals surface area contributed by atoms with Crippen LogP contribution in [0.5, 0.6) is 5.75 Å². The van der Waals surface area contributed by atoms with E-state index < -0.39 is 40.8 Å². The van der Waals surface area contributed by atoms with E-state index in [0.29, 0.717) is 13.0 Å². The van der Waals surface area contributed by atoms with E-state index in [2.05, 4.69) is 10.6 Å². The zero-order chi connectivity index (χ0) is 27.5. The van der Waals surface area contributed by atoms with Crippen molar-refractivity contribution in [3.8, 4) is 5.75 Å². The summed E-state index contributed by atoms with van der Waals surface area (Å²) in [6.45, 7) is 5.44. The second-order valence-electron chi connectivity index (χ2n) is 9.62. The second kappa shape index (κ2) is 11.1. The van der Waals surface area contributed by atoms with Crippen LogP contribution >= 0.6 is 0 Å². The molecule has 0 aromatic heterocycles. The Labute approximate surface area is 213 Å². The van der Waals surface area contributed by atoms with Crippen molar-refractivity contribution in [2.45, 2.75) is 57.5 Å². The standard InChI is InChI=1S/C24H33F3N4O6/c1-14(2)31(15-6-5-7-28-12-15)20(32)16-10-18-19(11-17(16)24(25,26)27)37-23(3,13-36-4)21(33)30(18)9-8-29-22(34)35/h10-11,14-15,28-29H,5-9,12-13H2,1-4H3,(H,34,35)/t15-,23?/m1/s1. The van der Waals surface area contributed by atoms with Crippen LogP contribution in [0.1, 0.15) is 49.5 Å². The van der Waals surface area contributed by atoms with Crippen molar-refractivity contribution in [1.29, 1.82) is 0 Å². The largest absolute Gasteiger partial charge is 0.473 e. The fourth-order valence-electron chi connectivity index (χ4n) is 4.85. The Morgan fingerprint density at radius 1 is 1.38 bits per heavy atom. The van der Waals surface area contributed by atoms with Gasteiger partial charge in [-0.2, -0.15) is 13.2 Å². The first-order chi connectivity index (χ1) is 17.3. The lowest BCUT2D eigenvalue weighted by molar-refractivity contribution is -0.140. The summed E-state index contributed by atoms with van der Waals surface area (Å²) in [4.78, 5) is 40.6. The number of carbonyl (C=O) groups excluding carboxylic acids is 2. The van der Waals surface area contributed by atoms with E-state index in [1.54, 1.807) is 13.8 Å². The number of piperidine rings is 1. The zero-order valence-corrected chi connectivity index (χ0v) is 21.3. The molecule has 3 rings (SSSR count). The average Bonchev–Trinajstić information content (AvgIpc) is 2.81. The molecule has 1 aromatic carbocycles. The number of alkyl halides is 3. The van der Waals surface area contributed by atoms with Crippen LogP contribution in [0.4, 0.5) is 23.7 Å². The van der Waals surface area contributed by atoms with Crippen molar-refractivity contribution >= 4 is 23.6 Å². The van der Waals surface area contributed by atoms with Crippen LogP contribution < -0.4 is 20.3 Å². The van der Waals surface area contributed by atoms with Gasteiger partial charge in [-0.1, -0.05) is 0 Å². The Hall–Kier alpha value is -3.06. The number of anilines is 1. The lowest BCUT2D eigenvalue weighted by Gasteiger charge is -2.41. The fourth-order valence-corrected chi connectivity index (χ4v) is 4.85. The summed E-state index contributed by atoms with van der Waals surface area (Å²) in [5, 5.41) is 14.3. The highest BCUT2D eigenvalue weighted by Crippen LogP contribution is 2.44. The molecule has 13 heteroatoms. The van der Waals surface area contributed by atoms with E-state index in [4.69, 9.17) is 14.6 Å². The molecule has 1 aromatic rings. The van der Waals surface area contributed by atoms with Crippen molar-refractivity contribution in [2.75, 3.05) is 44.8 Å². The molecule has 3 N–H and O–H groups in total. The Balaban J connectivity index is 2.15. The maximum Gasteiger partial charge on any atom is 0.417 e. The fraction of sp³-hybridized carbons (Fsp3) is 0.625. The van der Waals surface area contributed by atoms with Gasteiger partial charge in [0.25, 0.3) is 11.8 Å². The Morgan fingerprint density at radius 3 is 2.62 bits per heavy atom. The normalized spacial score (nSPS) is 21.9. The predicted octanol–water partition coefficient (Wildman–Crippen LogP) is 2.71. The van der Waals surface area contributed by atoms with Crippen molar-refractivity contribution in [1.82, 2.24) is 15.5 Å². The van der Waals surface area contributed by atoms with Crippen LogP contribution in [0, 0.1) is 0 Å². The first-order valence-electron chi connectivity index (χ1n) is 12.1. The summed E-state index contributed by atoms with van der Waals surface area (Å²) in [7, 11) is 1.32. The molecule has 1 fully saturated rings. The summed E-state index contributed by atoms with van der Waals surface area (Å²) >= 11 is 0. The van der Waals surface area contributed by atoms with Gasteiger partial charge in [0, 0.05) is 38.8 Å². The molecule has 0 bridgehead atoms. The van der Waals surface area contributed by atoms with Gasteiger partial charge in [-0.3, -0.25) is 9.59 Å². The first-order valence-corrected chi connectivity index (χ1v) is 12.1. The molecule has 2 aliphatic heterocycles. The third-order valence-electron chi connectivity index (χ3n) is 6.44. The highest BCUT2D eigenvalue weighted by atomic mass is 19.4. The van der Waals surface area contributed by atoms with Crippen LogP contribution in [0.2, 0.25) is 0 Å². The highest BCUT2D eigenvalue weighted by Gasteiger charge is 2.47. The number of rotatable bonds is 8. The summed E-state index contributed by atoms with van der Waals surface area (Å²) < 4.78 is 53.6. The number of carbonyl (C=O) groups is 3. The summed E-state index contributed by atoms with van der Waals surface area (Å²) in [5.74, 6) is -1.70. The van der Waals surface area contributed by atoms with Crippen molar-refractivity contribution in [3.63, 3.8) is 0 Å². The maximum atomic E-state index is 14.3. The SMILES string of the molecule is COCC1(C)Oc2cc(C(F)(F)F)c(C(=O)N(C(C)C)[C@@H]3CCCNC3)cc2N(CCNC(=O)O)C1=O. The van der Waals surface area contributed by atoms with Gasteiger partial charge < -0.3 is 35.0 Å². The molecule has 0 spiro atoms. The van der Waals surface area contributed by atoms with Crippen LogP contribution in [0.25, 0.3) is 0 Å². The molecule has 1 saturated heterocycles. The molecule has 37 heavy (non-hydrogen) atoms. The lowest BCUT2D eigenvalue weighted by atomic mass is 9.96. The number of carboxylic acid groups (broad SMARTS) is 1. The van der Waals surface area contributed by atoms with Gasteiger partial charge in [-0.15, -0.1) is 0 Å². The molecule has 1 unspecified atom stereocenters. The Kier molecular flexibility index (Phi) is 8.58. The first kappa shape index (κ1) is 28.5. The van der Waals surface area contributed by atoms with Crippen molar-refractivity contribution < 1.29 is 42.1 Å². The molecule has 2 heterocycles. The van der Waals surface area contributed by atoms with E-state index in [1.807, 2.05) is 0 Å². The Bertz CT molecular complexity index is 1030. The highest BCUT2D eigenvalue weighted by molar-refractivity contribution is 6.05. The van der Waals surface area contributed by atoms with E-state index in [0.717, 1.165) is 30.0 Å². The van der Waals surface area contributed by atoms with E-state index in [-0.39, 0.29) is 43.2 Å². The van der Waals surface area contributed by atoms with Crippen molar-refractivity contribution in [3.05, 3.63) is 23.3 Å². The van der Waals surface area contributed by atoms with Gasteiger partial charge >= 0.3 is 12.3 Å². The average molecular weight is 531 g/mol. The third-order valence-corrected chi connectivity index (χ3v) is 6.44. The van der Waals surface area contributed by atoms with E-state index >= 15 is 0 Å². The molecular formula is C24H33F3N4O6. The molecule has 0 radical (unpaired) electrons. The minimum absolute atomic E-state index is 0.0485. The van der Waals surface area contributed by atoms with Gasteiger partial charge in [-0.25, -0.2) is 4.79 Å². The summed E-state index contributed by atoms with van der Waals surface area (Å²) in [5.41, 5.74) is -3.48. The third kappa shape index (κ3) is 6.09. The number of benzene rings is 1. The van der Waals surface area contributed by atoms with Gasteiger partial charge in [-0.05, 0) is 52.3 Å². The van der Waals surface area contributed by atoms with Gasteiger partial charge in [0.1, 0.15) is 5.75 Å². The molecule has 10 nitrogen and oxygen atoms in total. The predicted molar refractivity (Wildman–Crippen MR) is 128 cm³/mol. The van der Waals surface area contributed by atoms with E-state index in [9.17, 15) is 27.6 Å². The molecule has 0 saturated carbocycles. The van der Waals surface area contributed by atoms with Gasteiger partial charge in [0.05, 0.1) is 23.4 Å². The van der Waals surface area contributed by atoms with Gasteiger partial charge in [0.2, 0.25) is 5.60 Å². The topological polar surface area (TPSA) is 120 Å². The number of halogens is 3. The molecular weight excluding hydrogens is 497 g/mol. The Morgan fingerprint density at radius 2 is 2.08 bits per heavy atom. The number of amides is 3. The number of ether oxygens (including phenoxy) is 2. The number of hydrogen-bond acceptors (Lipinski definition) is 6. The lowest BCUT2D eigenvalue weighted by Crippen LogP contribution is -2.58. The van der Waals surface area contributed by atoms with E-state index in [1.165, 1.54) is 18.9 Å². The van der Waals surface area contributed by atoms with Crippen LogP contribution in [-0.2, 0) is 15.7 Å². The maximum absolute atomic E-state index is 14.3. The minimum atomic E-state index is -4.88. The molecule has 2 aliphatic rings. The van der Waals surface area contributed by atoms with Crippen LogP contribution in [-0.4, -0.2) is 85.5 Å². The van der Waals surface area contributed by atoms with Gasteiger partial charge in [0.15, 0.2) is 0 Å². The smallest absolute Gasteiger partial charge is 0.417 e. The number of hydrogen-bond donors (Lipinski definition) is 3. The minimum Gasteiger partial charge on any atom is -0.473 e. The molecule has 0 aliphatic carbocycles. The molecule has 3 amide bonds. The summed E-state index contributed by atoms with van der Waals surface area (Å²) in [6.07, 6.45) is -4.78. The number of nitrogens with one attached hydrogen (secondary N) is 2. The monoisotopic (exact) mass is 530 g/mol. The quantitative estimate of drug-likeness (QED) is 0.473. The summed E-state index contributed by atoms with van der Waals surface area (Å²) in [6, 6.07) is 1.08. The number of nitrogens with zero attached hydrogens (tertiary/aromatic N) is 2. The van der Waals surface area contributed by atoms with Crippen LogP contribution in [0.3, 0.4) is 0 Å². The molecule has 2 atom stereocenters. The second-order valence-corrected chi connectivity index (χ2v) is 9.62. The number of fused-ring (bicyclic) bond motifs is 1. The molecule has 206 valence electrons.